The van der Waals surface area contributed by atoms with Crippen LogP contribution in [0.3, 0.4) is 0 Å². The van der Waals surface area contributed by atoms with Crippen molar-refractivity contribution in [2.24, 2.45) is 11.3 Å². The van der Waals surface area contributed by atoms with Gasteiger partial charge in [0, 0.05) is 30.0 Å². The summed E-state index contributed by atoms with van der Waals surface area (Å²) in [6.07, 6.45) is 0.00722. The Balaban J connectivity index is 1.67. The highest BCUT2D eigenvalue weighted by atomic mass is 19.4. The molecule has 8 heteroatoms. The molecule has 1 aromatic rings. The fourth-order valence-electron chi connectivity index (χ4n) is 8.04. The van der Waals surface area contributed by atoms with Gasteiger partial charge in [-0.3, -0.25) is 0 Å². The first kappa shape index (κ1) is 20.8. The van der Waals surface area contributed by atoms with Crippen LogP contribution < -0.4 is 9.47 Å². The predicted molar refractivity (Wildman–Crippen MR) is 110 cm³/mol. The summed E-state index contributed by atoms with van der Waals surface area (Å²) >= 11 is 0. The molecule has 1 saturated carbocycles. The zero-order valence-corrected chi connectivity index (χ0v) is 18.6. The molecule has 4 aliphatic carbocycles. The summed E-state index contributed by atoms with van der Waals surface area (Å²) in [5.74, 6) is 0.00336. The summed E-state index contributed by atoms with van der Waals surface area (Å²) in [6, 6.07) is 3.96. The van der Waals surface area contributed by atoms with E-state index in [1.807, 2.05) is 13.1 Å². The molecule has 7 rings (SSSR count). The van der Waals surface area contributed by atoms with E-state index >= 15 is 0 Å². The van der Waals surface area contributed by atoms with Crippen LogP contribution in [0, 0.1) is 11.3 Å². The molecular formula is C24H28F3NO4. The summed E-state index contributed by atoms with van der Waals surface area (Å²) in [4.78, 5) is 2.27. The minimum absolute atomic E-state index is 0.00661. The van der Waals surface area contributed by atoms with Crippen molar-refractivity contribution < 1.29 is 32.5 Å². The number of hydrogen-bond donors (Lipinski definition) is 1. The van der Waals surface area contributed by atoms with Gasteiger partial charge in [0.25, 0.3) is 0 Å². The molecule has 7 atom stereocenters. The molecular weight excluding hydrogens is 423 g/mol. The maximum Gasteiger partial charge on any atom is 0.417 e. The molecule has 2 aliphatic heterocycles. The Morgan fingerprint density at radius 1 is 1.22 bits per heavy atom. The molecule has 6 aliphatic rings. The number of methoxy groups -OCH3 is 2. The van der Waals surface area contributed by atoms with Crippen molar-refractivity contribution in [3.8, 4) is 11.5 Å². The van der Waals surface area contributed by atoms with Crippen LogP contribution in [0.4, 0.5) is 13.2 Å². The van der Waals surface area contributed by atoms with Gasteiger partial charge in [-0.2, -0.15) is 13.2 Å². The maximum absolute atomic E-state index is 14.2. The molecule has 1 saturated heterocycles. The molecule has 1 N–H and O–H groups in total. The third-order valence-corrected chi connectivity index (χ3v) is 9.53. The van der Waals surface area contributed by atoms with Crippen molar-refractivity contribution in [3.63, 3.8) is 0 Å². The summed E-state index contributed by atoms with van der Waals surface area (Å²) in [5, 5.41) is 11.0. The smallest absolute Gasteiger partial charge is 0.417 e. The van der Waals surface area contributed by atoms with E-state index < -0.39 is 40.2 Å². The van der Waals surface area contributed by atoms with E-state index in [9.17, 15) is 18.3 Å². The average Bonchev–Trinajstić information content (AvgIpc) is 3.12. The van der Waals surface area contributed by atoms with Crippen LogP contribution in [0.5, 0.6) is 11.5 Å². The lowest BCUT2D eigenvalue weighted by atomic mass is 9.36. The van der Waals surface area contributed by atoms with Gasteiger partial charge in [0.15, 0.2) is 17.1 Å². The van der Waals surface area contributed by atoms with Crippen LogP contribution in [0.1, 0.15) is 30.9 Å². The molecule has 4 bridgehead atoms. The fraction of sp³-hybridized carbons (Fsp3) is 0.667. The van der Waals surface area contributed by atoms with Crippen molar-refractivity contribution in [3.05, 3.63) is 35.4 Å². The number of nitrogens with zero attached hydrogens (tertiary/aromatic N) is 1. The molecule has 0 aromatic heterocycles. The number of alkyl halides is 3. The van der Waals surface area contributed by atoms with Crippen molar-refractivity contribution in [1.29, 1.82) is 0 Å². The molecule has 0 radical (unpaired) electrons. The summed E-state index contributed by atoms with van der Waals surface area (Å²) in [5.41, 5.74) is -3.24. The third kappa shape index (κ3) is 1.93. The van der Waals surface area contributed by atoms with Gasteiger partial charge in [-0.1, -0.05) is 18.2 Å². The summed E-state index contributed by atoms with van der Waals surface area (Å²) < 4.78 is 60.7. The number of likely N-dealkylation sites (N-methyl/N-ethyl adjacent to an activating group) is 1. The van der Waals surface area contributed by atoms with E-state index in [1.165, 1.54) is 7.11 Å². The number of likely N-dealkylation sites (tertiary alicyclic amines) is 1. The number of fused-ring (bicyclic) bond motifs is 1. The Morgan fingerprint density at radius 2 is 1.97 bits per heavy atom. The number of rotatable bonds is 3. The second-order valence-corrected chi connectivity index (χ2v) is 10.4. The van der Waals surface area contributed by atoms with Gasteiger partial charge in [-0.05, 0) is 51.4 Å². The summed E-state index contributed by atoms with van der Waals surface area (Å²) in [6.45, 7) is 1.70. The molecule has 32 heavy (non-hydrogen) atoms. The van der Waals surface area contributed by atoms with Crippen LogP contribution in [-0.4, -0.2) is 67.3 Å². The fourth-order valence-corrected chi connectivity index (χ4v) is 8.04. The van der Waals surface area contributed by atoms with E-state index in [0.29, 0.717) is 17.9 Å². The molecule has 0 amide bonds. The Kier molecular flexibility index (Phi) is 3.79. The Labute approximate surface area is 185 Å². The standard InChI is InChI=1S/C24H28F3NO4/c1-20(29,24(25,26)27)15-12-21-7-8-23(15,31-4)19-22(21)9-10-28(2)16(21)11-13-5-6-14(30-3)18(32-19)17(13)22/h5-8,15-16,19,29H,9-12H2,1-4H3/t15-,16?,19?,20?,21-,22+,23-/m1/s1. The van der Waals surface area contributed by atoms with Crippen molar-refractivity contribution in [2.75, 3.05) is 27.8 Å². The number of benzene rings is 1. The lowest BCUT2D eigenvalue weighted by molar-refractivity contribution is -0.321. The first-order valence-electron chi connectivity index (χ1n) is 11.1. The van der Waals surface area contributed by atoms with Crippen molar-refractivity contribution in [2.45, 2.75) is 61.1 Å². The topological polar surface area (TPSA) is 51.2 Å². The molecule has 1 aromatic carbocycles. The number of hydrogen-bond acceptors (Lipinski definition) is 5. The normalized spacial score (nSPS) is 42.9. The minimum atomic E-state index is -4.80. The Morgan fingerprint density at radius 3 is 2.62 bits per heavy atom. The van der Waals surface area contributed by atoms with Crippen LogP contribution in [-0.2, 0) is 16.6 Å². The maximum atomic E-state index is 14.2. The molecule has 2 spiro atoms. The Hall–Kier alpha value is -1.77. The van der Waals surface area contributed by atoms with Crippen molar-refractivity contribution in [1.82, 2.24) is 4.90 Å². The summed E-state index contributed by atoms with van der Waals surface area (Å²) in [7, 11) is 5.05. The average molecular weight is 451 g/mol. The lowest BCUT2D eigenvalue weighted by Crippen LogP contribution is -2.81. The van der Waals surface area contributed by atoms with Crippen LogP contribution in [0.15, 0.2) is 24.3 Å². The van der Waals surface area contributed by atoms with Gasteiger partial charge >= 0.3 is 6.18 Å². The highest BCUT2D eigenvalue weighted by molar-refractivity contribution is 5.65. The number of aliphatic hydroxyl groups is 1. The molecule has 2 heterocycles. The molecule has 5 nitrogen and oxygen atoms in total. The zero-order valence-electron chi connectivity index (χ0n) is 18.6. The van der Waals surface area contributed by atoms with E-state index in [-0.39, 0.29) is 12.5 Å². The van der Waals surface area contributed by atoms with Gasteiger partial charge in [0.05, 0.1) is 12.5 Å². The predicted octanol–water partition coefficient (Wildman–Crippen LogP) is 3.23. The quantitative estimate of drug-likeness (QED) is 0.716. The molecule has 174 valence electrons. The SMILES string of the molecule is COc1ccc2c3c1OC1[C@@]4(OC)C=C[C@@]5(C[C@@H]4C(C)(O)C(F)(F)F)C(C2)N(C)CC[C@]315. The third-order valence-electron chi connectivity index (χ3n) is 9.53. The zero-order chi connectivity index (χ0) is 22.9. The largest absolute Gasteiger partial charge is 0.493 e. The Bertz CT molecular complexity index is 1040. The van der Waals surface area contributed by atoms with E-state index in [4.69, 9.17) is 14.2 Å². The highest BCUT2D eigenvalue weighted by Gasteiger charge is 2.82. The molecule has 2 fully saturated rings. The number of ether oxygens (including phenoxy) is 3. The van der Waals surface area contributed by atoms with Gasteiger partial charge in [-0.25, -0.2) is 0 Å². The minimum Gasteiger partial charge on any atom is -0.493 e. The van der Waals surface area contributed by atoms with Gasteiger partial charge in [-0.15, -0.1) is 0 Å². The first-order valence-corrected chi connectivity index (χ1v) is 11.1. The molecule has 3 unspecified atom stereocenters. The first-order chi connectivity index (χ1) is 15.0. The lowest BCUT2D eigenvalue weighted by Gasteiger charge is -2.72. The number of halogens is 3. The van der Waals surface area contributed by atoms with E-state index in [0.717, 1.165) is 31.0 Å². The van der Waals surface area contributed by atoms with Crippen LogP contribution in [0.25, 0.3) is 0 Å². The number of piperidine rings is 1. The van der Waals surface area contributed by atoms with Gasteiger partial charge in [0.1, 0.15) is 11.7 Å². The van der Waals surface area contributed by atoms with E-state index in [1.54, 1.807) is 13.2 Å². The van der Waals surface area contributed by atoms with Gasteiger partial charge in [0.2, 0.25) is 0 Å². The second kappa shape index (κ2) is 5.83. The van der Waals surface area contributed by atoms with Crippen LogP contribution >= 0.6 is 0 Å². The van der Waals surface area contributed by atoms with Crippen LogP contribution in [0.2, 0.25) is 0 Å². The van der Waals surface area contributed by atoms with Gasteiger partial charge < -0.3 is 24.2 Å². The monoisotopic (exact) mass is 451 g/mol. The second-order valence-electron chi connectivity index (χ2n) is 10.4. The van der Waals surface area contributed by atoms with E-state index in [2.05, 4.69) is 17.0 Å². The highest BCUT2D eigenvalue weighted by Crippen LogP contribution is 2.75. The van der Waals surface area contributed by atoms with Crippen molar-refractivity contribution >= 4 is 0 Å².